The standard InChI is InChI=1S/C62H121NO3/c1-3-5-7-9-11-13-15-17-19-21-23-25-26-27-28-29-30-31-32-33-34-35-36-38-39-41-43-45-47-49-51-53-55-57-61(65)60(59-64)63-62(66)58-56-54-52-50-48-46-44-42-40-37-24-22-20-18-16-14-12-10-8-6-4-2/h47,49,55,57,60-61,64-65H,3-46,48,50-54,56,58-59H2,1-2H3,(H,63,66)/b49-47+,57-55+. The Balaban J connectivity index is 3.46. The molecule has 0 aliphatic heterocycles. The fourth-order valence-corrected chi connectivity index (χ4v) is 9.79. The third-order valence-corrected chi connectivity index (χ3v) is 14.4. The molecule has 0 bridgehead atoms. The van der Waals surface area contributed by atoms with Crippen molar-refractivity contribution >= 4 is 5.91 Å². The van der Waals surface area contributed by atoms with Crippen molar-refractivity contribution in [2.75, 3.05) is 6.61 Å². The Labute approximate surface area is 415 Å². The van der Waals surface area contributed by atoms with E-state index >= 15 is 0 Å². The minimum atomic E-state index is -0.860. The van der Waals surface area contributed by atoms with Gasteiger partial charge in [0, 0.05) is 6.42 Å². The molecule has 0 fully saturated rings. The van der Waals surface area contributed by atoms with E-state index in [9.17, 15) is 15.0 Å². The summed E-state index contributed by atoms with van der Waals surface area (Å²) in [4.78, 5) is 12.5. The van der Waals surface area contributed by atoms with Gasteiger partial charge in [0.05, 0.1) is 18.8 Å². The lowest BCUT2D eigenvalue weighted by Gasteiger charge is -2.19. The molecule has 0 aliphatic rings. The number of rotatable bonds is 57. The summed E-state index contributed by atoms with van der Waals surface area (Å²) >= 11 is 0. The Kier molecular flexibility index (Phi) is 57.2. The van der Waals surface area contributed by atoms with Crippen molar-refractivity contribution in [3.63, 3.8) is 0 Å². The van der Waals surface area contributed by atoms with Gasteiger partial charge in [0.2, 0.25) is 5.91 Å². The second-order valence-corrected chi connectivity index (χ2v) is 21.1. The van der Waals surface area contributed by atoms with Gasteiger partial charge >= 0.3 is 0 Å². The molecule has 4 nitrogen and oxygen atoms in total. The molecule has 0 rings (SSSR count). The minimum Gasteiger partial charge on any atom is -0.394 e. The molecule has 66 heavy (non-hydrogen) atoms. The van der Waals surface area contributed by atoms with Crippen LogP contribution < -0.4 is 5.32 Å². The molecule has 4 heteroatoms. The number of unbranched alkanes of at least 4 members (excludes halogenated alkanes) is 48. The summed E-state index contributed by atoms with van der Waals surface area (Å²) in [5, 5.41) is 23.2. The van der Waals surface area contributed by atoms with Crippen LogP contribution in [0.3, 0.4) is 0 Å². The van der Waals surface area contributed by atoms with Crippen molar-refractivity contribution < 1.29 is 15.0 Å². The average Bonchev–Trinajstić information content (AvgIpc) is 3.32. The summed E-state index contributed by atoms with van der Waals surface area (Å²) in [6.07, 6.45) is 78.0. The van der Waals surface area contributed by atoms with Gasteiger partial charge in [0.25, 0.3) is 0 Å². The number of amides is 1. The van der Waals surface area contributed by atoms with Gasteiger partial charge in [0.15, 0.2) is 0 Å². The summed E-state index contributed by atoms with van der Waals surface area (Å²) in [5.74, 6) is -0.0663. The van der Waals surface area contributed by atoms with Crippen LogP contribution in [0, 0.1) is 0 Å². The average molecular weight is 929 g/mol. The van der Waals surface area contributed by atoms with Crippen LogP contribution in [-0.4, -0.2) is 34.9 Å². The predicted octanol–water partition coefficient (Wildman–Crippen LogP) is 20.3. The highest BCUT2D eigenvalue weighted by molar-refractivity contribution is 5.76. The van der Waals surface area contributed by atoms with Crippen LogP contribution in [0.4, 0.5) is 0 Å². The molecule has 0 aromatic heterocycles. The van der Waals surface area contributed by atoms with Crippen LogP contribution in [0.15, 0.2) is 24.3 Å². The highest BCUT2D eigenvalue weighted by Gasteiger charge is 2.18. The summed E-state index contributed by atoms with van der Waals surface area (Å²) in [6.45, 7) is 4.34. The highest BCUT2D eigenvalue weighted by Crippen LogP contribution is 2.18. The molecule has 2 unspecified atom stereocenters. The highest BCUT2D eigenvalue weighted by atomic mass is 16.3. The lowest BCUT2D eigenvalue weighted by atomic mass is 10.0. The monoisotopic (exact) mass is 928 g/mol. The van der Waals surface area contributed by atoms with E-state index in [1.54, 1.807) is 6.08 Å². The molecule has 0 aromatic rings. The maximum atomic E-state index is 12.5. The molecule has 1 amide bonds. The number of carbonyl (C=O) groups excluding carboxylic acids is 1. The van der Waals surface area contributed by atoms with E-state index in [-0.39, 0.29) is 12.5 Å². The van der Waals surface area contributed by atoms with Crippen molar-refractivity contribution in [1.29, 1.82) is 0 Å². The Bertz CT molecular complexity index is 963. The zero-order valence-electron chi connectivity index (χ0n) is 45.2. The number of nitrogens with one attached hydrogen (secondary N) is 1. The fourth-order valence-electron chi connectivity index (χ4n) is 9.79. The Morgan fingerprint density at radius 3 is 0.879 bits per heavy atom. The third-order valence-electron chi connectivity index (χ3n) is 14.4. The van der Waals surface area contributed by atoms with E-state index in [4.69, 9.17) is 0 Å². The van der Waals surface area contributed by atoms with Crippen molar-refractivity contribution in [1.82, 2.24) is 5.32 Å². The van der Waals surface area contributed by atoms with Gasteiger partial charge < -0.3 is 15.5 Å². The van der Waals surface area contributed by atoms with Crippen LogP contribution in [0.1, 0.15) is 348 Å². The zero-order chi connectivity index (χ0) is 47.7. The van der Waals surface area contributed by atoms with Gasteiger partial charge in [-0.25, -0.2) is 0 Å². The molecule has 0 heterocycles. The van der Waals surface area contributed by atoms with Crippen molar-refractivity contribution in [2.45, 2.75) is 360 Å². The molecule has 0 spiro atoms. The van der Waals surface area contributed by atoms with E-state index in [0.29, 0.717) is 6.42 Å². The number of aliphatic hydroxyl groups excluding tert-OH is 2. The van der Waals surface area contributed by atoms with Gasteiger partial charge in [0.1, 0.15) is 0 Å². The smallest absolute Gasteiger partial charge is 0.220 e. The summed E-state index contributed by atoms with van der Waals surface area (Å²) in [7, 11) is 0. The van der Waals surface area contributed by atoms with E-state index in [1.165, 1.54) is 295 Å². The number of allylic oxidation sites excluding steroid dienone is 3. The molecule has 0 aromatic carbocycles. The third kappa shape index (κ3) is 53.8. The first-order valence-electron chi connectivity index (χ1n) is 30.6. The van der Waals surface area contributed by atoms with Gasteiger partial charge in [-0.15, -0.1) is 0 Å². The van der Waals surface area contributed by atoms with Crippen LogP contribution in [0.2, 0.25) is 0 Å². The number of carbonyl (C=O) groups is 1. The number of hydrogen-bond donors (Lipinski definition) is 3. The topological polar surface area (TPSA) is 69.6 Å². The number of aliphatic hydroxyl groups is 2. The summed E-state index contributed by atoms with van der Waals surface area (Å²) in [6, 6.07) is -0.637. The van der Waals surface area contributed by atoms with Gasteiger partial charge in [-0.2, -0.15) is 0 Å². The Hall–Kier alpha value is -1.13. The van der Waals surface area contributed by atoms with Gasteiger partial charge in [-0.3, -0.25) is 4.79 Å². The van der Waals surface area contributed by atoms with E-state index in [1.807, 2.05) is 6.08 Å². The largest absolute Gasteiger partial charge is 0.394 e. The lowest BCUT2D eigenvalue weighted by molar-refractivity contribution is -0.123. The maximum Gasteiger partial charge on any atom is 0.220 e. The van der Waals surface area contributed by atoms with Crippen LogP contribution >= 0.6 is 0 Å². The van der Waals surface area contributed by atoms with Crippen molar-refractivity contribution in [3.8, 4) is 0 Å². The van der Waals surface area contributed by atoms with Gasteiger partial charge in [-0.1, -0.05) is 334 Å². The normalized spacial score (nSPS) is 12.8. The summed E-state index contributed by atoms with van der Waals surface area (Å²) < 4.78 is 0. The molecule has 0 saturated carbocycles. The van der Waals surface area contributed by atoms with Crippen molar-refractivity contribution in [3.05, 3.63) is 24.3 Å². The first kappa shape index (κ1) is 64.9. The zero-order valence-corrected chi connectivity index (χ0v) is 45.2. The molecule has 392 valence electrons. The fraction of sp³-hybridized carbons (Fsp3) is 0.919. The molecular formula is C62H121NO3. The lowest BCUT2D eigenvalue weighted by Crippen LogP contribution is -2.45. The van der Waals surface area contributed by atoms with Crippen LogP contribution in [0.25, 0.3) is 0 Å². The molecule has 0 saturated heterocycles. The molecule has 0 aliphatic carbocycles. The second kappa shape index (κ2) is 58.2. The van der Waals surface area contributed by atoms with Crippen LogP contribution in [-0.2, 0) is 4.79 Å². The Morgan fingerprint density at radius 2 is 0.591 bits per heavy atom. The molecule has 0 radical (unpaired) electrons. The SMILES string of the molecule is CCCCCCCCCCCCCCCCCCCCCCCCCCCCC/C=C/CC/C=C/C(O)C(CO)NC(=O)CCCCCCCCCCCCCCCCCCCCCCC. The molecule has 3 N–H and O–H groups in total. The minimum absolute atomic E-state index is 0.0663. The maximum absolute atomic E-state index is 12.5. The first-order valence-corrected chi connectivity index (χ1v) is 30.6. The summed E-state index contributed by atoms with van der Waals surface area (Å²) in [5.41, 5.74) is 0. The second-order valence-electron chi connectivity index (χ2n) is 21.1. The first-order chi connectivity index (χ1) is 32.7. The van der Waals surface area contributed by atoms with E-state index in [2.05, 4.69) is 31.3 Å². The molecular weight excluding hydrogens is 807 g/mol. The predicted molar refractivity (Wildman–Crippen MR) is 295 cm³/mol. The van der Waals surface area contributed by atoms with E-state index < -0.39 is 12.1 Å². The van der Waals surface area contributed by atoms with Crippen molar-refractivity contribution in [2.24, 2.45) is 0 Å². The molecule has 2 atom stereocenters. The van der Waals surface area contributed by atoms with E-state index in [0.717, 1.165) is 32.1 Å². The Morgan fingerprint density at radius 1 is 0.348 bits per heavy atom. The number of hydrogen-bond acceptors (Lipinski definition) is 3. The van der Waals surface area contributed by atoms with Crippen LogP contribution in [0.5, 0.6) is 0 Å². The quantitative estimate of drug-likeness (QED) is 0.0420. The van der Waals surface area contributed by atoms with Gasteiger partial charge in [-0.05, 0) is 32.1 Å².